The first-order chi connectivity index (χ1) is 7.75. The Labute approximate surface area is 92.5 Å². The Hall–Kier alpha value is -1.91. The standard InChI is InChI=1S/C11H11N3O2/c15-10-6-14-9(5-12-10)13-8-4-2-1-3-7(8)11(14)16/h1-2,4,7H,3,5-6H2,(H,12,15). The molecule has 5 nitrogen and oxygen atoms in total. The second kappa shape index (κ2) is 3.30. The van der Waals surface area contributed by atoms with Gasteiger partial charge in [0.05, 0.1) is 18.2 Å². The lowest BCUT2D eigenvalue weighted by Crippen LogP contribution is -2.57. The van der Waals surface area contributed by atoms with Gasteiger partial charge in [0.1, 0.15) is 12.4 Å². The van der Waals surface area contributed by atoms with E-state index < -0.39 is 0 Å². The molecule has 1 unspecified atom stereocenters. The Balaban J connectivity index is 2.01. The molecular formula is C11H11N3O2. The van der Waals surface area contributed by atoms with Gasteiger partial charge in [-0.15, -0.1) is 0 Å². The summed E-state index contributed by atoms with van der Waals surface area (Å²) in [5.41, 5.74) is 0.815. The number of rotatable bonds is 0. The van der Waals surface area contributed by atoms with Gasteiger partial charge in [0.15, 0.2) is 0 Å². The smallest absolute Gasteiger partial charge is 0.240 e. The molecule has 2 amide bonds. The van der Waals surface area contributed by atoms with E-state index in [1.54, 1.807) is 0 Å². The van der Waals surface area contributed by atoms with Gasteiger partial charge >= 0.3 is 0 Å². The summed E-state index contributed by atoms with van der Waals surface area (Å²) in [5.74, 6) is 0.337. The summed E-state index contributed by atoms with van der Waals surface area (Å²) in [4.78, 5) is 29.3. The van der Waals surface area contributed by atoms with Crippen LogP contribution >= 0.6 is 0 Å². The molecule has 0 spiro atoms. The minimum Gasteiger partial charge on any atom is -0.347 e. The van der Waals surface area contributed by atoms with Crippen molar-refractivity contribution in [3.05, 3.63) is 23.9 Å². The number of aliphatic imine (C=N–C) groups is 1. The Kier molecular flexibility index (Phi) is 1.92. The van der Waals surface area contributed by atoms with Crippen LogP contribution in [0.15, 0.2) is 28.9 Å². The van der Waals surface area contributed by atoms with Gasteiger partial charge in [-0.1, -0.05) is 12.2 Å². The molecule has 1 aliphatic carbocycles. The summed E-state index contributed by atoms with van der Waals surface area (Å²) in [6, 6.07) is 0. The number of piperazine rings is 1. The minimum atomic E-state index is -0.195. The quantitative estimate of drug-likeness (QED) is 0.611. The van der Waals surface area contributed by atoms with Crippen molar-refractivity contribution in [3.63, 3.8) is 0 Å². The molecule has 2 aliphatic heterocycles. The van der Waals surface area contributed by atoms with Crippen LogP contribution in [0.3, 0.4) is 0 Å². The Bertz CT molecular complexity index is 462. The summed E-state index contributed by atoms with van der Waals surface area (Å²) < 4.78 is 0. The van der Waals surface area contributed by atoms with E-state index >= 15 is 0 Å². The average molecular weight is 217 g/mol. The maximum atomic E-state index is 12.1. The van der Waals surface area contributed by atoms with E-state index in [4.69, 9.17) is 0 Å². The molecule has 0 bridgehead atoms. The molecule has 0 radical (unpaired) electrons. The highest BCUT2D eigenvalue weighted by atomic mass is 16.2. The number of amides is 2. The second-order valence-corrected chi connectivity index (χ2v) is 4.04. The normalized spacial score (nSPS) is 27.8. The van der Waals surface area contributed by atoms with Gasteiger partial charge in [0.2, 0.25) is 11.8 Å². The third-order valence-electron chi connectivity index (χ3n) is 3.01. The number of nitrogens with zero attached hydrogens (tertiary/aromatic N) is 2. The first kappa shape index (κ1) is 9.33. The number of hydrogen-bond acceptors (Lipinski definition) is 3. The molecule has 1 saturated heterocycles. The largest absolute Gasteiger partial charge is 0.347 e. The van der Waals surface area contributed by atoms with Crippen molar-refractivity contribution in [2.45, 2.75) is 6.42 Å². The molecule has 2 heterocycles. The van der Waals surface area contributed by atoms with Crippen molar-refractivity contribution in [2.24, 2.45) is 10.9 Å². The van der Waals surface area contributed by atoms with Crippen molar-refractivity contribution in [3.8, 4) is 0 Å². The van der Waals surface area contributed by atoms with Crippen molar-refractivity contribution in [2.75, 3.05) is 13.1 Å². The molecule has 1 atom stereocenters. The lowest BCUT2D eigenvalue weighted by atomic mass is 9.93. The third-order valence-corrected chi connectivity index (χ3v) is 3.01. The zero-order valence-corrected chi connectivity index (χ0v) is 8.64. The maximum Gasteiger partial charge on any atom is 0.240 e. The molecule has 3 rings (SSSR count). The van der Waals surface area contributed by atoms with E-state index in [0.717, 1.165) is 5.70 Å². The van der Waals surface area contributed by atoms with Crippen LogP contribution in [0.1, 0.15) is 6.42 Å². The minimum absolute atomic E-state index is 0.00421. The van der Waals surface area contributed by atoms with E-state index in [-0.39, 0.29) is 24.3 Å². The van der Waals surface area contributed by atoms with Crippen LogP contribution in [0.2, 0.25) is 0 Å². The van der Waals surface area contributed by atoms with E-state index in [1.807, 2.05) is 18.2 Å². The molecule has 16 heavy (non-hydrogen) atoms. The van der Waals surface area contributed by atoms with Gasteiger partial charge in [-0.3, -0.25) is 14.5 Å². The number of nitrogens with one attached hydrogen (secondary N) is 1. The molecule has 3 aliphatic rings. The topological polar surface area (TPSA) is 61.8 Å². The van der Waals surface area contributed by atoms with E-state index in [2.05, 4.69) is 10.3 Å². The average Bonchev–Trinajstić information content (AvgIpc) is 2.31. The van der Waals surface area contributed by atoms with Crippen LogP contribution in [-0.2, 0) is 9.59 Å². The first-order valence-electron chi connectivity index (χ1n) is 5.28. The van der Waals surface area contributed by atoms with Crippen molar-refractivity contribution >= 4 is 17.6 Å². The number of carbonyl (C=O) groups excluding carboxylic acids is 2. The number of carbonyl (C=O) groups is 2. The van der Waals surface area contributed by atoms with Gasteiger partial charge < -0.3 is 5.32 Å². The highest BCUT2D eigenvalue weighted by Gasteiger charge is 2.37. The van der Waals surface area contributed by atoms with Gasteiger partial charge in [-0.2, -0.15) is 0 Å². The van der Waals surface area contributed by atoms with E-state index in [9.17, 15) is 9.59 Å². The van der Waals surface area contributed by atoms with Crippen LogP contribution in [0.4, 0.5) is 0 Å². The molecule has 1 N–H and O–H groups in total. The number of allylic oxidation sites excluding steroid dienone is 3. The van der Waals surface area contributed by atoms with Crippen molar-refractivity contribution in [1.82, 2.24) is 10.2 Å². The van der Waals surface area contributed by atoms with E-state index in [1.165, 1.54) is 4.90 Å². The third kappa shape index (κ3) is 1.28. The fourth-order valence-corrected chi connectivity index (χ4v) is 2.17. The predicted molar refractivity (Wildman–Crippen MR) is 57.5 cm³/mol. The van der Waals surface area contributed by atoms with Crippen LogP contribution in [0.5, 0.6) is 0 Å². The van der Waals surface area contributed by atoms with Gasteiger partial charge in [0.25, 0.3) is 0 Å². The summed E-state index contributed by atoms with van der Waals surface area (Å²) >= 11 is 0. The summed E-state index contributed by atoms with van der Waals surface area (Å²) in [6.07, 6.45) is 6.42. The van der Waals surface area contributed by atoms with Crippen LogP contribution in [0, 0.1) is 5.92 Å². The van der Waals surface area contributed by atoms with Gasteiger partial charge in [-0.25, -0.2) is 4.99 Å². The Morgan fingerprint density at radius 2 is 2.31 bits per heavy atom. The molecule has 5 heteroatoms. The first-order valence-corrected chi connectivity index (χ1v) is 5.28. The fourth-order valence-electron chi connectivity index (χ4n) is 2.17. The highest BCUT2D eigenvalue weighted by molar-refractivity contribution is 6.09. The Morgan fingerprint density at radius 3 is 3.19 bits per heavy atom. The molecule has 0 aromatic heterocycles. The zero-order chi connectivity index (χ0) is 11.1. The van der Waals surface area contributed by atoms with Crippen LogP contribution in [0.25, 0.3) is 0 Å². The van der Waals surface area contributed by atoms with Gasteiger partial charge in [-0.05, 0) is 12.5 Å². The lowest BCUT2D eigenvalue weighted by molar-refractivity contribution is -0.136. The lowest BCUT2D eigenvalue weighted by Gasteiger charge is -2.35. The summed E-state index contributed by atoms with van der Waals surface area (Å²) in [6.45, 7) is 0.448. The molecule has 1 fully saturated rings. The molecular weight excluding hydrogens is 206 g/mol. The molecule has 0 aromatic rings. The summed E-state index contributed by atoms with van der Waals surface area (Å²) in [7, 11) is 0. The SMILES string of the molecule is O=C1CN2C(=O)C3CC=CC=C3N=C2CN1. The van der Waals surface area contributed by atoms with Crippen LogP contribution < -0.4 is 5.32 Å². The predicted octanol–water partition coefficient (Wildman–Crippen LogP) is -0.183. The molecule has 0 aromatic carbocycles. The van der Waals surface area contributed by atoms with Crippen LogP contribution in [-0.4, -0.2) is 35.6 Å². The highest BCUT2D eigenvalue weighted by Crippen LogP contribution is 2.28. The monoisotopic (exact) mass is 217 g/mol. The van der Waals surface area contributed by atoms with Crippen molar-refractivity contribution in [1.29, 1.82) is 0 Å². The van der Waals surface area contributed by atoms with E-state index in [0.29, 0.717) is 18.8 Å². The zero-order valence-electron chi connectivity index (χ0n) is 8.64. The van der Waals surface area contributed by atoms with Crippen molar-refractivity contribution < 1.29 is 9.59 Å². The fraction of sp³-hybridized carbons (Fsp3) is 0.364. The summed E-state index contributed by atoms with van der Waals surface area (Å²) in [5, 5.41) is 2.69. The molecule has 82 valence electrons. The number of fused-ring (bicyclic) bond motifs is 2. The number of hydrogen-bond donors (Lipinski definition) is 1. The van der Waals surface area contributed by atoms with Gasteiger partial charge in [0, 0.05) is 0 Å². The maximum absolute atomic E-state index is 12.1. The number of amidine groups is 1. The Morgan fingerprint density at radius 1 is 1.44 bits per heavy atom. The molecule has 0 saturated carbocycles. The second-order valence-electron chi connectivity index (χ2n) is 4.04.